The van der Waals surface area contributed by atoms with Crippen molar-refractivity contribution in [1.29, 1.82) is 0 Å². The van der Waals surface area contributed by atoms with Crippen molar-refractivity contribution in [2.24, 2.45) is 17.1 Å². The third-order valence-corrected chi connectivity index (χ3v) is 5.00. The highest BCUT2D eigenvalue weighted by Crippen LogP contribution is 2.42. The highest BCUT2D eigenvalue weighted by molar-refractivity contribution is 5.27. The van der Waals surface area contributed by atoms with Crippen LogP contribution in [0.2, 0.25) is 0 Å². The minimum Gasteiger partial charge on any atom is -0.330 e. The van der Waals surface area contributed by atoms with Crippen LogP contribution in [0.5, 0.6) is 0 Å². The van der Waals surface area contributed by atoms with Gasteiger partial charge in [-0.2, -0.15) is 0 Å². The van der Waals surface area contributed by atoms with E-state index in [2.05, 4.69) is 38.1 Å². The Kier molecular flexibility index (Phi) is 4.45. The first-order valence-electron chi connectivity index (χ1n) is 7.44. The van der Waals surface area contributed by atoms with Gasteiger partial charge in [-0.1, -0.05) is 37.6 Å². The van der Waals surface area contributed by atoms with E-state index in [4.69, 9.17) is 5.73 Å². The van der Waals surface area contributed by atoms with Crippen molar-refractivity contribution in [3.8, 4) is 0 Å². The Bertz CT molecular complexity index is 375. The Hall–Kier alpha value is -0.820. The van der Waals surface area contributed by atoms with Gasteiger partial charge in [0.05, 0.1) is 0 Å². The average Bonchev–Trinajstić information content (AvgIpc) is 2.42. The molecule has 1 fully saturated rings. The van der Waals surface area contributed by atoms with Crippen LogP contribution < -0.4 is 5.73 Å². The van der Waals surface area contributed by atoms with E-state index in [1.807, 2.05) is 0 Å². The van der Waals surface area contributed by atoms with Gasteiger partial charge in [-0.3, -0.25) is 0 Å². The van der Waals surface area contributed by atoms with E-state index < -0.39 is 0 Å². The predicted octanol–water partition coefficient (Wildman–Crippen LogP) is 4.08. The predicted molar refractivity (Wildman–Crippen MR) is 78.6 cm³/mol. The van der Waals surface area contributed by atoms with Crippen LogP contribution in [-0.2, 0) is 6.42 Å². The highest BCUT2D eigenvalue weighted by Gasteiger charge is 2.33. The monoisotopic (exact) mass is 245 g/mol. The summed E-state index contributed by atoms with van der Waals surface area (Å²) in [6, 6.07) is 8.78. The van der Waals surface area contributed by atoms with Crippen LogP contribution in [0.25, 0.3) is 0 Å². The van der Waals surface area contributed by atoms with Gasteiger partial charge in [0.2, 0.25) is 0 Å². The molecule has 0 bridgehead atoms. The number of benzene rings is 1. The second-order valence-electron chi connectivity index (χ2n) is 6.16. The lowest BCUT2D eigenvalue weighted by Crippen LogP contribution is -2.37. The minimum absolute atomic E-state index is 0.373. The SMILES string of the molecule is CCC1CCC(CN)(Cc2ccccc2C)CC1. The van der Waals surface area contributed by atoms with Crippen LogP contribution in [0, 0.1) is 18.3 Å². The molecule has 0 spiro atoms. The standard InChI is InChI=1S/C17H27N/c1-3-15-8-10-17(13-18,11-9-15)12-16-7-5-4-6-14(16)2/h4-7,15H,3,8-13,18H2,1-2H3. The first kappa shape index (κ1) is 13.6. The fourth-order valence-electron chi connectivity index (χ4n) is 3.36. The van der Waals surface area contributed by atoms with Crippen molar-refractivity contribution in [2.45, 2.75) is 52.4 Å². The summed E-state index contributed by atoms with van der Waals surface area (Å²) in [6.07, 6.45) is 7.89. The molecule has 100 valence electrons. The summed E-state index contributed by atoms with van der Waals surface area (Å²) < 4.78 is 0. The molecule has 0 saturated heterocycles. The zero-order valence-corrected chi connectivity index (χ0v) is 11.9. The maximum Gasteiger partial charge on any atom is -0.00173 e. The summed E-state index contributed by atoms with van der Waals surface area (Å²) >= 11 is 0. The van der Waals surface area contributed by atoms with Crippen molar-refractivity contribution in [2.75, 3.05) is 6.54 Å². The summed E-state index contributed by atoms with van der Waals surface area (Å²) in [4.78, 5) is 0. The van der Waals surface area contributed by atoms with E-state index in [1.54, 1.807) is 0 Å². The molecular weight excluding hydrogens is 218 g/mol. The second-order valence-corrected chi connectivity index (χ2v) is 6.16. The molecule has 2 rings (SSSR count). The van der Waals surface area contributed by atoms with Gasteiger partial charge in [0, 0.05) is 0 Å². The molecule has 1 aromatic carbocycles. The zero-order chi connectivity index (χ0) is 13.0. The third-order valence-electron chi connectivity index (χ3n) is 5.00. The van der Waals surface area contributed by atoms with Gasteiger partial charge in [0.1, 0.15) is 0 Å². The van der Waals surface area contributed by atoms with E-state index in [0.717, 1.165) is 12.5 Å². The quantitative estimate of drug-likeness (QED) is 0.849. The van der Waals surface area contributed by atoms with Crippen LogP contribution in [0.1, 0.15) is 50.2 Å². The van der Waals surface area contributed by atoms with Gasteiger partial charge >= 0.3 is 0 Å². The molecule has 1 heteroatoms. The zero-order valence-electron chi connectivity index (χ0n) is 11.9. The third kappa shape index (κ3) is 2.95. The number of hydrogen-bond donors (Lipinski definition) is 1. The lowest BCUT2D eigenvalue weighted by atomic mass is 9.67. The van der Waals surface area contributed by atoms with Gasteiger partial charge < -0.3 is 5.73 Å². The van der Waals surface area contributed by atoms with Crippen LogP contribution >= 0.6 is 0 Å². The summed E-state index contributed by atoms with van der Waals surface area (Å²) in [6.45, 7) is 5.39. The Labute approximate surface area is 112 Å². The van der Waals surface area contributed by atoms with Crippen LogP contribution in [0.3, 0.4) is 0 Å². The molecule has 0 atom stereocenters. The van der Waals surface area contributed by atoms with E-state index in [0.29, 0.717) is 5.41 Å². The minimum atomic E-state index is 0.373. The Morgan fingerprint density at radius 1 is 1.22 bits per heavy atom. The molecule has 0 radical (unpaired) electrons. The molecule has 18 heavy (non-hydrogen) atoms. The number of rotatable bonds is 4. The van der Waals surface area contributed by atoms with Gasteiger partial charge in [-0.05, 0) is 68.0 Å². The summed E-state index contributed by atoms with van der Waals surface area (Å²) in [5, 5.41) is 0. The maximum absolute atomic E-state index is 6.12. The fourth-order valence-corrected chi connectivity index (χ4v) is 3.36. The molecule has 0 heterocycles. The molecule has 2 N–H and O–H groups in total. The van der Waals surface area contributed by atoms with Crippen molar-refractivity contribution in [3.05, 3.63) is 35.4 Å². The molecule has 1 aromatic rings. The number of nitrogens with two attached hydrogens (primary N) is 1. The lowest BCUT2D eigenvalue weighted by molar-refractivity contribution is 0.153. The second kappa shape index (κ2) is 5.88. The van der Waals surface area contributed by atoms with Crippen LogP contribution in [0.4, 0.5) is 0 Å². The Balaban J connectivity index is 2.08. The first-order chi connectivity index (χ1) is 8.69. The first-order valence-corrected chi connectivity index (χ1v) is 7.44. The molecular formula is C17H27N. The van der Waals surface area contributed by atoms with Crippen molar-refractivity contribution in [1.82, 2.24) is 0 Å². The van der Waals surface area contributed by atoms with Gasteiger partial charge in [0.15, 0.2) is 0 Å². The molecule has 1 aliphatic carbocycles. The molecule has 0 aliphatic heterocycles. The van der Waals surface area contributed by atoms with E-state index >= 15 is 0 Å². The topological polar surface area (TPSA) is 26.0 Å². The van der Waals surface area contributed by atoms with E-state index in [-0.39, 0.29) is 0 Å². The molecule has 1 nitrogen and oxygen atoms in total. The average molecular weight is 245 g/mol. The van der Waals surface area contributed by atoms with Gasteiger partial charge in [0.25, 0.3) is 0 Å². The van der Waals surface area contributed by atoms with E-state index in [1.165, 1.54) is 49.7 Å². The van der Waals surface area contributed by atoms with Crippen molar-refractivity contribution in [3.63, 3.8) is 0 Å². The van der Waals surface area contributed by atoms with Gasteiger partial charge in [-0.15, -0.1) is 0 Å². The summed E-state index contributed by atoms with van der Waals surface area (Å²) in [5.74, 6) is 0.946. The van der Waals surface area contributed by atoms with Crippen molar-refractivity contribution < 1.29 is 0 Å². The number of hydrogen-bond acceptors (Lipinski definition) is 1. The molecule has 0 unspecified atom stereocenters. The largest absolute Gasteiger partial charge is 0.330 e. The Morgan fingerprint density at radius 3 is 2.44 bits per heavy atom. The van der Waals surface area contributed by atoms with Crippen molar-refractivity contribution >= 4 is 0 Å². The highest BCUT2D eigenvalue weighted by atomic mass is 14.6. The van der Waals surface area contributed by atoms with E-state index in [9.17, 15) is 0 Å². The normalized spacial score (nSPS) is 28.3. The summed E-state index contributed by atoms with van der Waals surface area (Å²) in [7, 11) is 0. The Morgan fingerprint density at radius 2 is 1.89 bits per heavy atom. The molecule has 1 aliphatic rings. The lowest BCUT2D eigenvalue weighted by Gasteiger charge is -2.40. The maximum atomic E-state index is 6.12. The van der Waals surface area contributed by atoms with Gasteiger partial charge in [-0.25, -0.2) is 0 Å². The molecule has 0 aromatic heterocycles. The van der Waals surface area contributed by atoms with Crippen LogP contribution in [0.15, 0.2) is 24.3 Å². The van der Waals surface area contributed by atoms with Crippen LogP contribution in [-0.4, -0.2) is 6.54 Å². The smallest absolute Gasteiger partial charge is 0.00173 e. The molecule has 0 amide bonds. The summed E-state index contributed by atoms with van der Waals surface area (Å²) in [5.41, 5.74) is 9.41. The molecule has 1 saturated carbocycles. The number of aryl methyl sites for hydroxylation is 1. The fraction of sp³-hybridized carbons (Fsp3) is 0.647.